The highest BCUT2D eigenvalue weighted by atomic mass is 16.7. The Kier molecular flexibility index (Phi) is 8.17. The molecule has 4 saturated carbocycles. The minimum atomic E-state index is -0.910. The third-order valence-corrected chi connectivity index (χ3v) is 11.5. The van der Waals surface area contributed by atoms with Crippen LogP contribution in [-0.4, -0.2) is 40.6 Å². The first kappa shape index (κ1) is 27.9. The van der Waals surface area contributed by atoms with E-state index in [0.29, 0.717) is 41.9 Å². The molecule has 4 rings (SSSR count). The summed E-state index contributed by atoms with van der Waals surface area (Å²) in [6, 6.07) is 0. The number of ether oxygens (including phenoxy) is 2. The number of aliphatic hydroxyl groups is 2. The van der Waals surface area contributed by atoms with E-state index in [-0.39, 0.29) is 41.5 Å². The molecule has 0 radical (unpaired) electrons. The fourth-order valence-electron chi connectivity index (χ4n) is 9.84. The third kappa shape index (κ3) is 4.86. The lowest BCUT2D eigenvalue weighted by atomic mass is 9.41. The molecule has 11 atom stereocenters. The molecule has 6 nitrogen and oxygen atoms in total. The maximum absolute atomic E-state index is 12.2. The normalized spacial score (nSPS) is 44.8. The molecule has 0 spiro atoms. The van der Waals surface area contributed by atoms with Crippen LogP contribution in [0.3, 0.4) is 0 Å². The Bertz CT molecular complexity index is 811. The second kappa shape index (κ2) is 10.6. The van der Waals surface area contributed by atoms with E-state index in [4.69, 9.17) is 9.47 Å². The van der Waals surface area contributed by atoms with E-state index in [2.05, 4.69) is 27.7 Å². The molecular formula is C30H50O6. The highest BCUT2D eigenvalue weighted by molar-refractivity contribution is 5.81. The summed E-state index contributed by atoms with van der Waals surface area (Å²) in [6.45, 7) is 12.8. The van der Waals surface area contributed by atoms with E-state index < -0.39 is 12.1 Å². The van der Waals surface area contributed by atoms with Crippen LogP contribution in [0.1, 0.15) is 106 Å². The Morgan fingerprint density at radius 2 is 1.61 bits per heavy atom. The highest BCUT2D eigenvalue weighted by Crippen LogP contribution is 2.69. The minimum Gasteiger partial charge on any atom is -0.431 e. The van der Waals surface area contributed by atoms with Crippen molar-refractivity contribution in [1.29, 1.82) is 0 Å². The van der Waals surface area contributed by atoms with Crippen molar-refractivity contribution in [2.75, 3.05) is 0 Å². The van der Waals surface area contributed by atoms with Gasteiger partial charge < -0.3 is 19.7 Å². The van der Waals surface area contributed by atoms with Gasteiger partial charge in [0.1, 0.15) is 0 Å². The fourth-order valence-corrected chi connectivity index (χ4v) is 9.84. The molecule has 2 N–H and O–H groups in total. The second-order valence-corrected chi connectivity index (χ2v) is 13.5. The molecule has 4 aliphatic carbocycles. The predicted octanol–water partition coefficient (Wildman–Crippen LogP) is 6.12. The van der Waals surface area contributed by atoms with E-state index >= 15 is 0 Å². The van der Waals surface area contributed by atoms with E-state index in [9.17, 15) is 19.8 Å². The smallest absolute Gasteiger partial charge is 0.431 e. The van der Waals surface area contributed by atoms with Gasteiger partial charge in [-0.15, -0.1) is 0 Å². The Balaban J connectivity index is 1.45. The lowest BCUT2D eigenvalue weighted by molar-refractivity contribution is -0.203. The molecule has 0 aliphatic heterocycles. The number of rotatable bonds is 6. The average Bonchev–Trinajstić information content (AvgIpc) is 3.15. The van der Waals surface area contributed by atoms with E-state index in [1.807, 2.05) is 0 Å². The summed E-state index contributed by atoms with van der Waals surface area (Å²) >= 11 is 0. The van der Waals surface area contributed by atoms with E-state index in [0.717, 1.165) is 44.9 Å². The summed E-state index contributed by atoms with van der Waals surface area (Å²) in [5, 5.41) is 22.3. The summed E-state index contributed by atoms with van der Waals surface area (Å²) in [5.41, 5.74) is 0.376. The van der Waals surface area contributed by atoms with Crippen LogP contribution >= 0.6 is 0 Å². The van der Waals surface area contributed by atoms with Gasteiger partial charge in [0.25, 0.3) is 0 Å². The lowest BCUT2D eigenvalue weighted by Crippen LogP contribution is -2.62. The van der Waals surface area contributed by atoms with Crippen LogP contribution in [-0.2, 0) is 14.3 Å². The number of carbonyl (C=O) groups is 2. The first-order valence-corrected chi connectivity index (χ1v) is 14.7. The van der Waals surface area contributed by atoms with Crippen LogP contribution < -0.4 is 0 Å². The molecule has 6 heteroatoms. The Hall–Kier alpha value is -1.14. The van der Waals surface area contributed by atoms with Gasteiger partial charge in [-0.1, -0.05) is 34.1 Å². The monoisotopic (exact) mass is 506 g/mol. The lowest BCUT2D eigenvalue weighted by Gasteiger charge is -2.64. The molecule has 4 aliphatic rings. The van der Waals surface area contributed by atoms with Gasteiger partial charge in [0.15, 0.2) is 0 Å². The molecule has 0 aromatic rings. The number of esters is 1. The van der Waals surface area contributed by atoms with Crippen LogP contribution in [0.4, 0.5) is 4.79 Å². The summed E-state index contributed by atoms with van der Waals surface area (Å²) in [4.78, 5) is 23.9. The molecule has 36 heavy (non-hydrogen) atoms. The average molecular weight is 507 g/mol. The van der Waals surface area contributed by atoms with Crippen LogP contribution in [0.25, 0.3) is 0 Å². The fraction of sp³-hybridized carbons (Fsp3) is 0.933. The first-order valence-electron chi connectivity index (χ1n) is 14.7. The van der Waals surface area contributed by atoms with Crippen molar-refractivity contribution in [3.8, 4) is 0 Å². The van der Waals surface area contributed by atoms with Crippen LogP contribution in [0.5, 0.6) is 0 Å². The highest BCUT2D eigenvalue weighted by Gasteiger charge is 2.64. The topological polar surface area (TPSA) is 93.1 Å². The standard InChI is InChI=1S/C30H50O6/c1-7-20-24-16-19(31)12-14-30(24,6)23-13-15-29(5)21(9-10-22(29)26(23)27(20)33)18(4)8-11-25(32)36-28(34)35-17(2)3/h17-24,26-27,31,33H,7-16H2,1-6H3/t18-,19-,20-,21?,22+,23+,24?,26+,27-,29?,30?/m1/s1. The van der Waals surface area contributed by atoms with Gasteiger partial charge in [-0.3, -0.25) is 4.79 Å². The molecule has 4 fully saturated rings. The number of fused-ring (bicyclic) bond motifs is 5. The first-order chi connectivity index (χ1) is 16.9. The third-order valence-electron chi connectivity index (χ3n) is 11.5. The Morgan fingerprint density at radius 3 is 2.28 bits per heavy atom. The summed E-state index contributed by atoms with van der Waals surface area (Å²) in [6.07, 6.45) is 7.60. The van der Waals surface area contributed by atoms with Crippen molar-refractivity contribution >= 4 is 12.1 Å². The van der Waals surface area contributed by atoms with E-state index in [1.165, 1.54) is 6.42 Å². The van der Waals surface area contributed by atoms with Gasteiger partial charge in [-0.2, -0.15) is 0 Å². The van der Waals surface area contributed by atoms with Gasteiger partial charge in [-0.25, -0.2) is 4.79 Å². The maximum atomic E-state index is 12.2. The van der Waals surface area contributed by atoms with Gasteiger partial charge in [0.2, 0.25) is 0 Å². The Labute approximate surface area is 217 Å². The quantitative estimate of drug-likeness (QED) is 0.333. The molecule has 0 saturated heterocycles. The van der Waals surface area contributed by atoms with Crippen molar-refractivity contribution in [3.63, 3.8) is 0 Å². The minimum absolute atomic E-state index is 0.164. The Morgan fingerprint density at radius 1 is 0.944 bits per heavy atom. The van der Waals surface area contributed by atoms with Crippen molar-refractivity contribution in [3.05, 3.63) is 0 Å². The second-order valence-electron chi connectivity index (χ2n) is 13.5. The molecule has 0 heterocycles. The largest absolute Gasteiger partial charge is 0.516 e. The number of carbonyl (C=O) groups excluding carboxylic acids is 2. The molecule has 4 unspecified atom stereocenters. The number of hydrogen-bond donors (Lipinski definition) is 2. The summed E-state index contributed by atoms with van der Waals surface area (Å²) in [7, 11) is 0. The van der Waals surface area contributed by atoms with Gasteiger partial charge >= 0.3 is 12.1 Å². The molecule has 0 amide bonds. The number of aliphatic hydroxyl groups excluding tert-OH is 2. The zero-order valence-corrected chi connectivity index (χ0v) is 23.4. The van der Waals surface area contributed by atoms with E-state index in [1.54, 1.807) is 13.8 Å². The van der Waals surface area contributed by atoms with Crippen molar-refractivity contribution in [2.24, 2.45) is 52.3 Å². The molecule has 206 valence electrons. The summed E-state index contributed by atoms with van der Waals surface area (Å²) in [5.74, 6) is 2.39. The van der Waals surface area contributed by atoms with Crippen molar-refractivity contribution in [2.45, 2.75) is 124 Å². The zero-order valence-electron chi connectivity index (χ0n) is 23.4. The SMILES string of the molecule is CC[C@@H]1C2C[C@H](O)CCC2(C)[C@H]2CCC3(C)C([C@H](C)CCC(=O)OC(=O)OC(C)C)CC[C@H]3[C@@H]2[C@@H]1O. The van der Waals surface area contributed by atoms with Gasteiger partial charge in [0, 0.05) is 6.42 Å². The molecule has 0 bridgehead atoms. The zero-order chi connectivity index (χ0) is 26.4. The number of hydrogen-bond acceptors (Lipinski definition) is 6. The van der Waals surface area contributed by atoms with Crippen molar-refractivity contribution in [1.82, 2.24) is 0 Å². The molecule has 0 aromatic carbocycles. The van der Waals surface area contributed by atoms with Crippen molar-refractivity contribution < 1.29 is 29.3 Å². The summed E-state index contributed by atoms with van der Waals surface area (Å²) < 4.78 is 9.76. The van der Waals surface area contributed by atoms with Crippen LogP contribution in [0, 0.1) is 52.3 Å². The van der Waals surface area contributed by atoms with Crippen LogP contribution in [0.2, 0.25) is 0 Å². The molecule has 0 aromatic heterocycles. The maximum Gasteiger partial charge on any atom is 0.516 e. The van der Waals surface area contributed by atoms with Gasteiger partial charge in [0.05, 0.1) is 18.3 Å². The van der Waals surface area contributed by atoms with Gasteiger partial charge in [-0.05, 0) is 117 Å². The molecular weight excluding hydrogens is 456 g/mol. The van der Waals surface area contributed by atoms with Crippen LogP contribution in [0.15, 0.2) is 0 Å². The predicted molar refractivity (Wildman–Crippen MR) is 138 cm³/mol.